The standard InChI is InChI=1S/C22H22ClFN4O5/c1-32-20-17-11(19(29)12(22(30)31)9-28(17)15-7-14(15)24)6-13(23)18(20)27-4-2-10(8-27)16(25)21-26-3-5-33-21/h3,5-6,9-10,14-16H,2,4,7-8,25H2,1H3,(H,30,31). The van der Waals surface area contributed by atoms with Crippen molar-refractivity contribution in [3.63, 3.8) is 0 Å². The van der Waals surface area contributed by atoms with Gasteiger partial charge < -0.3 is 29.5 Å². The molecule has 1 saturated carbocycles. The quantitative estimate of drug-likeness (QED) is 0.556. The van der Waals surface area contributed by atoms with Crippen molar-refractivity contribution in [1.82, 2.24) is 9.55 Å². The van der Waals surface area contributed by atoms with Crippen LogP contribution < -0.4 is 20.8 Å². The van der Waals surface area contributed by atoms with Gasteiger partial charge in [0.05, 0.1) is 41.3 Å². The van der Waals surface area contributed by atoms with Gasteiger partial charge in [-0.15, -0.1) is 0 Å². The van der Waals surface area contributed by atoms with Gasteiger partial charge in [0.15, 0.2) is 5.75 Å². The second-order valence-electron chi connectivity index (χ2n) is 8.43. The number of oxazole rings is 1. The molecular formula is C22H22ClFN4O5. The van der Waals surface area contributed by atoms with E-state index in [9.17, 15) is 19.1 Å². The SMILES string of the molecule is COc1c(N2CCC(C(N)c3ncco3)C2)c(Cl)cc2c(=O)c(C(=O)O)cn(C3CC3F)c12. The van der Waals surface area contributed by atoms with Crippen LogP contribution in [0.1, 0.15) is 41.2 Å². The number of nitrogens with two attached hydrogens (primary N) is 1. The Labute approximate surface area is 192 Å². The van der Waals surface area contributed by atoms with Crippen LogP contribution >= 0.6 is 11.6 Å². The van der Waals surface area contributed by atoms with Crippen LogP contribution in [0.15, 0.2) is 33.9 Å². The number of alkyl halides is 1. The Kier molecular flexibility index (Phi) is 5.29. The highest BCUT2D eigenvalue weighted by molar-refractivity contribution is 6.35. The van der Waals surface area contributed by atoms with Crippen molar-refractivity contribution in [3.05, 3.63) is 51.4 Å². The van der Waals surface area contributed by atoms with Crippen LogP contribution in [0.4, 0.5) is 10.1 Å². The predicted molar refractivity (Wildman–Crippen MR) is 119 cm³/mol. The molecule has 1 aromatic carbocycles. The number of methoxy groups -OCH3 is 1. The Hall–Kier alpha value is -3.11. The fourth-order valence-electron chi connectivity index (χ4n) is 4.67. The van der Waals surface area contributed by atoms with Gasteiger partial charge in [0.1, 0.15) is 23.7 Å². The molecule has 3 N–H and O–H groups in total. The van der Waals surface area contributed by atoms with Crippen LogP contribution in [-0.4, -0.2) is 47.0 Å². The fourth-order valence-corrected chi connectivity index (χ4v) is 4.98. The summed E-state index contributed by atoms with van der Waals surface area (Å²) in [5, 5.41) is 9.81. The number of ether oxygens (including phenoxy) is 1. The van der Waals surface area contributed by atoms with Gasteiger partial charge in [0, 0.05) is 31.6 Å². The Balaban J connectivity index is 1.63. The monoisotopic (exact) mass is 476 g/mol. The maximum Gasteiger partial charge on any atom is 0.341 e. The lowest BCUT2D eigenvalue weighted by atomic mass is 10.00. The Morgan fingerprint density at radius 1 is 1.48 bits per heavy atom. The number of carboxylic acids is 1. The number of benzene rings is 1. The first-order valence-electron chi connectivity index (χ1n) is 10.5. The first kappa shape index (κ1) is 21.7. The summed E-state index contributed by atoms with van der Waals surface area (Å²) in [5.41, 5.74) is 6.10. The lowest BCUT2D eigenvalue weighted by molar-refractivity contribution is 0.0694. The van der Waals surface area contributed by atoms with Gasteiger partial charge in [-0.25, -0.2) is 14.2 Å². The molecule has 1 aliphatic carbocycles. The molecule has 9 nitrogen and oxygen atoms in total. The summed E-state index contributed by atoms with van der Waals surface area (Å²) in [4.78, 5) is 30.7. The zero-order valence-electron chi connectivity index (χ0n) is 17.7. The van der Waals surface area contributed by atoms with Crippen molar-refractivity contribution in [2.75, 3.05) is 25.1 Å². The Morgan fingerprint density at radius 2 is 2.24 bits per heavy atom. The van der Waals surface area contributed by atoms with Gasteiger partial charge >= 0.3 is 5.97 Å². The van der Waals surface area contributed by atoms with E-state index < -0.39 is 35.2 Å². The molecule has 0 bridgehead atoms. The molecule has 33 heavy (non-hydrogen) atoms. The molecule has 2 aromatic heterocycles. The molecule has 3 aromatic rings. The smallest absolute Gasteiger partial charge is 0.341 e. The van der Waals surface area contributed by atoms with Gasteiger partial charge in [0.25, 0.3) is 0 Å². The third-order valence-corrected chi connectivity index (χ3v) is 6.74. The summed E-state index contributed by atoms with van der Waals surface area (Å²) in [6.07, 6.45) is 4.08. The first-order valence-corrected chi connectivity index (χ1v) is 10.9. The van der Waals surface area contributed by atoms with E-state index in [1.165, 1.54) is 30.2 Å². The van der Waals surface area contributed by atoms with E-state index in [0.717, 1.165) is 6.42 Å². The van der Waals surface area contributed by atoms with Gasteiger partial charge in [-0.3, -0.25) is 4.79 Å². The lowest BCUT2D eigenvalue weighted by Gasteiger charge is -2.26. The Morgan fingerprint density at radius 3 is 2.85 bits per heavy atom. The molecule has 0 amide bonds. The summed E-state index contributed by atoms with van der Waals surface area (Å²) in [6.45, 7) is 1.16. The number of pyridine rings is 1. The minimum Gasteiger partial charge on any atom is -0.492 e. The third-order valence-electron chi connectivity index (χ3n) is 6.46. The van der Waals surface area contributed by atoms with Gasteiger partial charge in [-0.1, -0.05) is 11.6 Å². The summed E-state index contributed by atoms with van der Waals surface area (Å²) in [6, 6.07) is 0.473. The number of nitrogens with zero attached hydrogens (tertiary/aromatic N) is 3. The molecule has 2 aliphatic rings. The fraction of sp³-hybridized carbons (Fsp3) is 0.409. The second-order valence-corrected chi connectivity index (χ2v) is 8.84. The maximum absolute atomic E-state index is 14.1. The zero-order chi connectivity index (χ0) is 23.4. The number of aromatic nitrogens is 2. The largest absolute Gasteiger partial charge is 0.492 e. The number of hydrogen-bond donors (Lipinski definition) is 2. The molecule has 5 rings (SSSR count). The van der Waals surface area contributed by atoms with Crippen molar-refractivity contribution < 1.29 is 23.4 Å². The molecule has 11 heteroatoms. The number of aromatic carboxylic acids is 1. The van der Waals surface area contributed by atoms with Crippen LogP contribution in [0.2, 0.25) is 5.02 Å². The van der Waals surface area contributed by atoms with E-state index in [2.05, 4.69) is 4.98 Å². The second kappa shape index (κ2) is 8.03. The molecule has 174 valence electrons. The van der Waals surface area contributed by atoms with Crippen LogP contribution in [-0.2, 0) is 0 Å². The highest BCUT2D eigenvalue weighted by Crippen LogP contribution is 2.48. The van der Waals surface area contributed by atoms with E-state index in [0.29, 0.717) is 35.9 Å². The zero-order valence-corrected chi connectivity index (χ0v) is 18.5. The third kappa shape index (κ3) is 3.53. The van der Waals surface area contributed by atoms with E-state index in [1.807, 2.05) is 4.90 Å². The Bertz CT molecular complexity index is 1290. The summed E-state index contributed by atoms with van der Waals surface area (Å²) < 4.78 is 26.6. The van der Waals surface area contributed by atoms with Gasteiger partial charge in [-0.05, 0) is 12.5 Å². The topological polar surface area (TPSA) is 124 Å². The van der Waals surface area contributed by atoms with Gasteiger partial charge in [0.2, 0.25) is 11.3 Å². The van der Waals surface area contributed by atoms with Crippen molar-refractivity contribution in [1.29, 1.82) is 0 Å². The first-order chi connectivity index (χ1) is 15.8. The molecule has 2 fully saturated rings. The number of fused-ring (bicyclic) bond motifs is 1. The van der Waals surface area contributed by atoms with E-state index in [4.69, 9.17) is 26.5 Å². The van der Waals surface area contributed by atoms with Crippen LogP contribution in [0.25, 0.3) is 10.9 Å². The number of carboxylic acid groups (broad SMARTS) is 1. The van der Waals surface area contributed by atoms with Crippen molar-refractivity contribution in [2.45, 2.75) is 31.1 Å². The van der Waals surface area contributed by atoms with Crippen molar-refractivity contribution in [3.8, 4) is 5.75 Å². The highest BCUT2D eigenvalue weighted by atomic mass is 35.5. The number of anilines is 1. The summed E-state index contributed by atoms with van der Waals surface area (Å²) in [5.74, 6) is -0.587. The molecule has 0 radical (unpaired) electrons. The maximum atomic E-state index is 14.1. The predicted octanol–water partition coefficient (Wildman–Crippen LogP) is 3.16. The number of hydrogen-bond acceptors (Lipinski definition) is 7. The highest BCUT2D eigenvalue weighted by Gasteiger charge is 2.41. The van der Waals surface area contributed by atoms with E-state index in [1.54, 1.807) is 6.20 Å². The number of carbonyl (C=O) groups is 1. The average Bonchev–Trinajstić information content (AvgIpc) is 3.18. The lowest BCUT2D eigenvalue weighted by Crippen LogP contribution is -2.27. The van der Waals surface area contributed by atoms with Gasteiger partial charge in [-0.2, -0.15) is 0 Å². The average molecular weight is 477 g/mol. The molecule has 4 atom stereocenters. The normalized spacial score (nSPS) is 23.2. The summed E-state index contributed by atoms with van der Waals surface area (Å²) >= 11 is 6.62. The molecule has 0 spiro atoms. The molecule has 1 aliphatic heterocycles. The van der Waals surface area contributed by atoms with Crippen molar-refractivity contribution >= 4 is 34.2 Å². The summed E-state index contributed by atoms with van der Waals surface area (Å²) in [7, 11) is 1.44. The minimum absolute atomic E-state index is 0.0374. The molecular weight excluding hydrogens is 455 g/mol. The van der Waals surface area contributed by atoms with Crippen LogP contribution in [0.5, 0.6) is 5.75 Å². The van der Waals surface area contributed by atoms with Crippen molar-refractivity contribution in [2.24, 2.45) is 11.7 Å². The number of rotatable bonds is 6. The van der Waals surface area contributed by atoms with Crippen LogP contribution in [0.3, 0.4) is 0 Å². The molecule has 1 saturated heterocycles. The van der Waals surface area contributed by atoms with Crippen LogP contribution in [0, 0.1) is 5.92 Å². The van der Waals surface area contributed by atoms with E-state index >= 15 is 0 Å². The van der Waals surface area contributed by atoms with E-state index in [-0.39, 0.29) is 22.7 Å². The number of halogens is 2. The molecule has 3 heterocycles. The minimum atomic E-state index is -1.38. The molecule has 4 unspecified atom stereocenters.